The van der Waals surface area contributed by atoms with Gasteiger partial charge in [0, 0.05) is 11.7 Å². The topological polar surface area (TPSA) is 12.0 Å². The van der Waals surface area contributed by atoms with E-state index in [0.717, 1.165) is 6.42 Å². The largest absolute Gasteiger partial charge is 0.381 e. The van der Waals surface area contributed by atoms with Crippen molar-refractivity contribution in [3.05, 3.63) is 65.2 Å². The fraction of sp³-hybridized carbons (Fsp3) is 0.333. The second kappa shape index (κ2) is 5.08. The summed E-state index contributed by atoms with van der Waals surface area (Å²) in [5.74, 6) is 0.677. The Morgan fingerprint density at radius 1 is 1.05 bits per heavy atom. The maximum absolute atomic E-state index is 3.71. The lowest BCUT2D eigenvalue weighted by molar-refractivity contribution is 0.462. The van der Waals surface area contributed by atoms with Crippen LogP contribution in [0.3, 0.4) is 0 Å². The molecule has 1 heterocycles. The minimum Gasteiger partial charge on any atom is -0.381 e. The van der Waals surface area contributed by atoms with Gasteiger partial charge in [0.2, 0.25) is 0 Å². The van der Waals surface area contributed by atoms with Gasteiger partial charge in [-0.15, -0.1) is 0 Å². The Bertz CT molecular complexity index is 556. The molecule has 2 atom stereocenters. The van der Waals surface area contributed by atoms with Gasteiger partial charge in [0.1, 0.15) is 0 Å². The van der Waals surface area contributed by atoms with Crippen LogP contribution in [0.1, 0.15) is 23.6 Å². The van der Waals surface area contributed by atoms with Crippen LogP contribution in [-0.4, -0.2) is 6.04 Å². The highest BCUT2D eigenvalue weighted by Crippen LogP contribution is 2.29. The van der Waals surface area contributed by atoms with Crippen molar-refractivity contribution in [1.82, 2.24) is 0 Å². The minimum absolute atomic E-state index is 0.539. The molecule has 1 aliphatic rings. The Labute approximate surface area is 115 Å². The lowest BCUT2D eigenvalue weighted by Gasteiger charge is -2.33. The van der Waals surface area contributed by atoms with Gasteiger partial charge in [-0.25, -0.2) is 0 Å². The molecule has 19 heavy (non-hydrogen) atoms. The molecule has 0 aromatic heterocycles. The number of para-hydroxylation sites is 1. The second-order valence-electron chi connectivity index (χ2n) is 5.78. The molecule has 2 unspecified atom stereocenters. The zero-order valence-electron chi connectivity index (χ0n) is 11.7. The summed E-state index contributed by atoms with van der Waals surface area (Å²) in [7, 11) is 0. The molecule has 98 valence electrons. The van der Waals surface area contributed by atoms with Gasteiger partial charge in [0.05, 0.1) is 0 Å². The van der Waals surface area contributed by atoms with E-state index in [4.69, 9.17) is 0 Å². The highest BCUT2D eigenvalue weighted by molar-refractivity contribution is 5.54. The molecule has 2 aromatic carbocycles. The fourth-order valence-electron chi connectivity index (χ4n) is 2.90. The van der Waals surface area contributed by atoms with E-state index in [1.807, 2.05) is 0 Å². The standard InChI is InChI=1S/C18H21N/c1-13-7-9-15(10-8-13)12-18-14(2)11-16-5-3-4-6-17(16)19-18/h3-10,14,18-19H,11-12H2,1-2H3. The monoisotopic (exact) mass is 251 g/mol. The first-order valence-electron chi connectivity index (χ1n) is 7.12. The first-order chi connectivity index (χ1) is 9.22. The van der Waals surface area contributed by atoms with Crippen LogP contribution < -0.4 is 5.32 Å². The molecule has 0 amide bonds. The predicted octanol–water partition coefficient (Wildman–Crippen LogP) is 4.21. The Balaban J connectivity index is 1.77. The van der Waals surface area contributed by atoms with Crippen molar-refractivity contribution >= 4 is 5.69 Å². The van der Waals surface area contributed by atoms with Crippen LogP contribution in [0.25, 0.3) is 0 Å². The van der Waals surface area contributed by atoms with Crippen LogP contribution >= 0.6 is 0 Å². The highest BCUT2D eigenvalue weighted by Gasteiger charge is 2.24. The molecule has 0 radical (unpaired) electrons. The third kappa shape index (κ3) is 2.65. The van der Waals surface area contributed by atoms with Crippen molar-refractivity contribution < 1.29 is 0 Å². The number of benzene rings is 2. The van der Waals surface area contributed by atoms with Gasteiger partial charge < -0.3 is 5.32 Å². The molecular weight excluding hydrogens is 230 g/mol. The van der Waals surface area contributed by atoms with E-state index in [-0.39, 0.29) is 0 Å². The number of anilines is 1. The third-order valence-electron chi connectivity index (χ3n) is 4.16. The molecule has 1 aliphatic heterocycles. The maximum Gasteiger partial charge on any atom is 0.0375 e. The van der Waals surface area contributed by atoms with Gasteiger partial charge in [-0.3, -0.25) is 0 Å². The molecule has 0 aliphatic carbocycles. The maximum atomic E-state index is 3.71. The van der Waals surface area contributed by atoms with Crippen LogP contribution in [0.4, 0.5) is 5.69 Å². The van der Waals surface area contributed by atoms with E-state index >= 15 is 0 Å². The normalized spacial score (nSPS) is 21.6. The Morgan fingerprint density at radius 3 is 2.58 bits per heavy atom. The second-order valence-corrected chi connectivity index (χ2v) is 5.78. The van der Waals surface area contributed by atoms with Crippen molar-refractivity contribution in [1.29, 1.82) is 0 Å². The summed E-state index contributed by atoms with van der Waals surface area (Å²) in [6.45, 7) is 4.49. The van der Waals surface area contributed by atoms with Crippen molar-refractivity contribution in [3.8, 4) is 0 Å². The Kier molecular flexibility index (Phi) is 3.29. The fourth-order valence-corrected chi connectivity index (χ4v) is 2.90. The van der Waals surface area contributed by atoms with Crippen molar-refractivity contribution in [2.75, 3.05) is 5.32 Å². The van der Waals surface area contributed by atoms with E-state index < -0.39 is 0 Å². The number of hydrogen-bond donors (Lipinski definition) is 1. The van der Waals surface area contributed by atoms with E-state index in [2.05, 4.69) is 67.7 Å². The summed E-state index contributed by atoms with van der Waals surface area (Å²) in [4.78, 5) is 0. The van der Waals surface area contributed by atoms with Gasteiger partial charge in [-0.05, 0) is 42.9 Å². The third-order valence-corrected chi connectivity index (χ3v) is 4.16. The molecule has 2 aromatic rings. The van der Waals surface area contributed by atoms with Gasteiger partial charge in [-0.1, -0.05) is 55.0 Å². The highest BCUT2D eigenvalue weighted by atomic mass is 14.9. The smallest absolute Gasteiger partial charge is 0.0375 e. The van der Waals surface area contributed by atoms with E-state index in [1.54, 1.807) is 0 Å². The van der Waals surface area contributed by atoms with Crippen LogP contribution in [-0.2, 0) is 12.8 Å². The predicted molar refractivity (Wildman–Crippen MR) is 81.6 cm³/mol. The molecule has 0 bridgehead atoms. The van der Waals surface area contributed by atoms with Crippen LogP contribution in [0.5, 0.6) is 0 Å². The Morgan fingerprint density at radius 2 is 1.79 bits per heavy atom. The molecule has 1 heteroatoms. The average molecular weight is 251 g/mol. The summed E-state index contributed by atoms with van der Waals surface area (Å²) in [6.07, 6.45) is 2.29. The molecule has 0 saturated heterocycles. The lowest BCUT2D eigenvalue weighted by atomic mass is 9.85. The first-order valence-corrected chi connectivity index (χ1v) is 7.12. The number of nitrogens with one attached hydrogen (secondary N) is 1. The summed E-state index contributed by atoms with van der Waals surface area (Å²) in [6, 6.07) is 18.1. The minimum atomic E-state index is 0.539. The van der Waals surface area contributed by atoms with Gasteiger partial charge in [0.15, 0.2) is 0 Å². The van der Waals surface area contributed by atoms with E-state index in [0.29, 0.717) is 12.0 Å². The quantitative estimate of drug-likeness (QED) is 0.843. The number of hydrogen-bond acceptors (Lipinski definition) is 1. The summed E-state index contributed by atoms with van der Waals surface area (Å²) in [5.41, 5.74) is 5.53. The van der Waals surface area contributed by atoms with Crippen molar-refractivity contribution in [2.45, 2.75) is 32.7 Å². The van der Waals surface area contributed by atoms with Gasteiger partial charge >= 0.3 is 0 Å². The van der Waals surface area contributed by atoms with Gasteiger partial charge in [-0.2, -0.15) is 0 Å². The molecule has 0 spiro atoms. The summed E-state index contributed by atoms with van der Waals surface area (Å²) >= 11 is 0. The lowest BCUT2D eigenvalue weighted by Crippen LogP contribution is -2.35. The van der Waals surface area contributed by atoms with Crippen LogP contribution in [0.2, 0.25) is 0 Å². The Hall–Kier alpha value is -1.76. The molecule has 0 fully saturated rings. The zero-order valence-corrected chi connectivity index (χ0v) is 11.7. The molecule has 1 nitrogen and oxygen atoms in total. The van der Waals surface area contributed by atoms with Crippen LogP contribution in [0.15, 0.2) is 48.5 Å². The first kappa shape index (κ1) is 12.3. The molecule has 3 rings (SSSR count). The molecular formula is C18H21N. The average Bonchev–Trinajstić information content (AvgIpc) is 2.42. The summed E-state index contributed by atoms with van der Waals surface area (Å²) in [5, 5.41) is 3.71. The van der Waals surface area contributed by atoms with Crippen molar-refractivity contribution in [3.63, 3.8) is 0 Å². The van der Waals surface area contributed by atoms with E-state index in [1.165, 1.54) is 28.8 Å². The number of fused-ring (bicyclic) bond motifs is 1. The van der Waals surface area contributed by atoms with Crippen molar-refractivity contribution in [2.24, 2.45) is 5.92 Å². The molecule has 0 saturated carbocycles. The van der Waals surface area contributed by atoms with Crippen LogP contribution in [0, 0.1) is 12.8 Å². The SMILES string of the molecule is Cc1ccc(CC2Nc3ccccc3CC2C)cc1. The summed E-state index contributed by atoms with van der Waals surface area (Å²) < 4.78 is 0. The molecule has 1 N–H and O–H groups in total. The number of rotatable bonds is 2. The number of aryl methyl sites for hydroxylation is 1. The van der Waals surface area contributed by atoms with E-state index in [9.17, 15) is 0 Å². The van der Waals surface area contributed by atoms with Gasteiger partial charge in [0.25, 0.3) is 0 Å². The zero-order chi connectivity index (χ0) is 13.2.